The summed E-state index contributed by atoms with van der Waals surface area (Å²) in [5.74, 6) is -0.391. The number of alkyl halides is 3. The molecule has 0 bridgehead atoms. The minimum absolute atomic E-state index is 0.391. The summed E-state index contributed by atoms with van der Waals surface area (Å²) in [4.78, 5) is 1.67. The lowest BCUT2D eigenvalue weighted by Crippen LogP contribution is -2.66. The molecule has 0 spiro atoms. The molecule has 0 amide bonds. The Bertz CT molecular complexity index is 372. The number of morpholine rings is 1. The first kappa shape index (κ1) is 13.6. The SMILES string of the molecule is CC1C=CC=C(C(F)(F)F)C1(N)N1CCOCC1. The van der Waals surface area contributed by atoms with Crippen LogP contribution in [-0.4, -0.2) is 43.0 Å². The second-order valence-corrected chi connectivity index (χ2v) is 4.68. The first-order valence-electron chi connectivity index (χ1n) is 5.94. The van der Waals surface area contributed by atoms with Gasteiger partial charge in [-0.25, -0.2) is 0 Å². The van der Waals surface area contributed by atoms with Gasteiger partial charge in [-0.3, -0.25) is 4.90 Å². The average molecular weight is 262 g/mol. The summed E-state index contributed by atoms with van der Waals surface area (Å²) in [6, 6.07) is 0. The van der Waals surface area contributed by atoms with Gasteiger partial charge in [0.25, 0.3) is 0 Å². The maximum absolute atomic E-state index is 13.1. The van der Waals surface area contributed by atoms with Crippen molar-refractivity contribution in [1.29, 1.82) is 0 Å². The Morgan fingerprint density at radius 2 is 2.00 bits per heavy atom. The van der Waals surface area contributed by atoms with E-state index in [2.05, 4.69) is 0 Å². The standard InChI is InChI=1S/C12H17F3N2O/c1-9-3-2-4-10(12(13,14)15)11(9,16)17-5-7-18-8-6-17/h2-4,9H,5-8,16H2,1H3. The number of ether oxygens (including phenoxy) is 1. The molecule has 1 aliphatic carbocycles. The molecule has 0 saturated carbocycles. The molecule has 18 heavy (non-hydrogen) atoms. The van der Waals surface area contributed by atoms with E-state index in [1.54, 1.807) is 17.9 Å². The second-order valence-electron chi connectivity index (χ2n) is 4.68. The molecule has 0 aromatic heterocycles. The molecule has 0 radical (unpaired) electrons. The Kier molecular flexibility index (Phi) is 3.53. The molecule has 2 rings (SSSR count). The van der Waals surface area contributed by atoms with Gasteiger partial charge in [-0.05, 0) is 0 Å². The number of hydrogen-bond donors (Lipinski definition) is 1. The van der Waals surface area contributed by atoms with Crippen molar-refractivity contribution in [3.8, 4) is 0 Å². The number of nitrogens with two attached hydrogens (primary N) is 1. The second kappa shape index (κ2) is 4.68. The summed E-state index contributed by atoms with van der Waals surface area (Å²) < 4.78 is 44.6. The van der Waals surface area contributed by atoms with Gasteiger partial charge in [-0.2, -0.15) is 13.2 Å². The summed E-state index contributed by atoms with van der Waals surface area (Å²) >= 11 is 0. The fraction of sp³-hybridized carbons (Fsp3) is 0.667. The molecular weight excluding hydrogens is 245 g/mol. The summed E-state index contributed by atoms with van der Waals surface area (Å²) in [5, 5.41) is 0. The van der Waals surface area contributed by atoms with Crippen molar-refractivity contribution in [3.05, 3.63) is 23.8 Å². The highest BCUT2D eigenvalue weighted by molar-refractivity contribution is 5.35. The summed E-state index contributed by atoms with van der Waals surface area (Å²) in [5.41, 5.74) is 3.98. The molecule has 0 aromatic carbocycles. The van der Waals surface area contributed by atoms with E-state index >= 15 is 0 Å². The molecule has 0 aromatic rings. The number of nitrogens with zero attached hydrogens (tertiary/aromatic N) is 1. The largest absolute Gasteiger partial charge is 0.415 e. The number of hydrogen-bond acceptors (Lipinski definition) is 3. The molecule has 1 heterocycles. The van der Waals surface area contributed by atoms with Crippen LogP contribution in [0.4, 0.5) is 13.2 Å². The van der Waals surface area contributed by atoms with Crippen LogP contribution in [0.2, 0.25) is 0 Å². The minimum atomic E-state index is -4.41. The van der Waals surface area contributed by atoms with Gasteiger partial charge in [0, 0.05) is 19.0 Å². The predicted octanol–water partition coefficient (Wildman–Crippen LogP) is 1.67. The fourth-order valence-electron chi connectivity index (χ4n) is 2.56. The van der Waals surface area contributed by atoms with Crippen LogP contribution in [0.15, 0.2) is 23.8 Å². The highest BCUT2D eigenvalue weighted by Gasteiger charge is 2.52. The lowest BCUT2D eigenvalue weighted by molar-refractivity contribution is -0.123. The quantitative estimate of drug-likeness (QED) is 0.781. The van der Waals surface area contributed by atoms with Gasteiger partial charge < -0.3 is 10.5 Å². The van der Waals surface area contributed by atoms with Crippen molar-refractivity contribution < 1.29 is 17.9 Å². The summed E-state index contributed by atoms with van der Waals surface area (Å²) in [6.45, 7) is 3.38. The zero-order valence-electron chi connectivity index (χ0n) is 10.2. The summed E-state index contributed by atoms with van der Waals surface area (Å²) in [6.07, 6.45) is -0.189. The average Bonchev–Trinajstić information content (AvgIpc) is 2.32. The van der Waals surface area contributed by atoms with Gasteiger partial charge in [0.1, 0.15) is 5.66 Å². The van der Waals surface area contributed by atoms with Crippen LogP contribution in [0.1, 0.15) is 6.92 Å². The van der Waals surface area contributed by atoms with Crippen molar-refractivity contribution in [2.45, 2.75) is 18.8 Å². The molecule has 102 valence electrons. The normalized spacial score (nSPS) is 34.5. The Morgan fingerprint density at radius 3 is 2.56 bits per heavy atom. The van der Waals surface area contributed by atoms with Crippen molar-refractivity contribution in [2.75, 3.05) is 26.3 Å². The zero-order valence-corrected chi connectivity index (χ0v) is 10.2. The molecule has 3 nitrogen and oxygen atoms in total. The van der Waals surface area contributed by atoms with E-state index in [1.165, 1.54) is 6.08 Å². The maximum Gasteiger partial charge on any atom is 0.415 e. The van der Waals surface area contributed by atoms with E-state index in [1.807, 2.05) is 0 Å². The highest BCUT2D eigenvalue weighted by Crippen LogP contribution is 2.41. The van der Waals surface area contributed by atoms with Gasteiger partial charge in [0.05, 0.1) is 18.8 Å². The van der Waals surface area contributed by atoms with Gasteiger partial charge in [0.15, 0.2) is 0 Å². The van der Waals surface area contributed by atoms with Crippen LogP contribution in [0.25, 0.3) is 0 Å². The van der Waals surface area contributed by atoms with E-state index in [4.69, 9.17) is 10.5 Å². The predicted molar refractivity (Wildman–Crippen MR) is 61.8 cm³/mol. The molecular formula is C12H17F3N2O. The maximum atomic E-state index is 13.1. The molecule has 1 saturated heterocycles. The van der Waals surface area contributed by atoms with Crippen LogP contribution in [0.5, 0.6) is 0 Å². The van der Waals surface area contributed by atoms with Crippen LogP contribution in [-0.2, 0) is 4.74 Å². The third-order valence-corrected chi connectivity index (χ3v) is 3.63. The molecule has 2 unspecified atom stereocenters. The lowest BCUT2D eigenvalue weighted by atomic mass is 9.81. The van der Waals surface area contributed by atoms with Crippen molar-refractivity contribution in [1.82, 2.24) is 4.90 Å². The van der Waals surface area contributed by atoms with Crippen LogP contribution in [0, 0.1) is 5.92 Å². The van der Waals surface area contributed by atoms with Gasteiger partial charge in [-0.15, -0.1) is 0 Å². The van der Waals surface area contributed by atoms with E-state index in [0.29, 0.717) is 26.3 Å². The molecule has 2 N–H and O–H groups in total. The Morgan fingerprint density at radius 1 is 1.39 bits per heavy atom. The van der Waals surface area contributed by atoms with Crippen molar-refractivity contribution in [3.63, 3.8) is 0 Å². The van der Waals surface area contributed by atoms with Crippen LogP contribution >= 0.6 is 0 Å². The molecule has 1 aliphatic heterocycles. The first-order chi connectivity index (χ1) is 8.37. The van der Waals surface area contributed by atoms with E-state index in [0.717, 1.165) is 6.08 Å². The third-order valence-electron chi connectivity index (χ3n) is 3.63. The van der Waals surface area contributed by atoms with Gasteiger partial charge >= 0.3 is 6.18 Å². The van der Waals surface area contributed by atoms with Crippen LogP contribution < -0.4 is 5.73 Å². The molecule has 1 fully saturated rings. The molecule has 6 heteroatoms. The number of halogens is 3. The fourth-order valence-corrected chi connectivity index (χ4v) is 2.56. The van der Waals surface area contributed by atoms with Gasteiger partial charge in [-0.1, -0.05) is 25.2 Å². The molecule has 2 aliphatic rings. The Labute approximate surface area is 104 Å². The number of allylic oxidation sites excluding steroid dienone is 2. The summed E-state index contributed by atoms with van der Waals surface area (Å²) in [7, 11) is 0. The van der Waals surface area contributed by atoms with Crippen molar-refractivity contribution >= 4 is 0 Å². The van der Waals surface area contributed by atoms with Crippen LogP contribution in [0.3, 0.4) is 0 Å². The third kappa shape index (κ3) is 2.20. The Balaban J connectivity index is 2.36. The van der Waals surface area contributed by atoms with Gasteiger partial charge in [0.2, 0.25) is 0 Å². The number of rotatable bonds is 1. The lowest BCUT2D eigenvalue weighted by Gasteiger charge is -2.48. The smallest absolute Gasteiger partial charge is 0.379 e. The highest BCUT2D eigenvalue weighted by atomic mass is 19.4. The topological polar surface area (TPSA) is 38.5 Å². The Hall–Kier alpha value is -0.850. The molecule has 2 atom stereocenters. The monoisotopic (exact) mass is 262 g/mol. The van der Waals surface area contributed by atoms with E-state index in [-0.39, 0.29) is 0 Å². The van der Waals surface area contributed by atoms with E-state index in [9.17, 15) is 13.2 Å². The zero-order chi connectivity index (χ0) is 13.4. The first-order valence-corrected chi connectivity index (χ1v) is 5.94. The minimum Gasteiger partial charge on any atom is -0.379 e. The van der Waals surface area contributed by atoms with E-state index < -0.39 is 23.3 Å². The van der Waals surface area contributed by atoms with Crippen molar-refractivity contribution in [2.24, 2.45) is 11.7 Å².